The van der Waals surface area contributed by atoms with E-state index in [4.69, 9.17) is 21.1 Å². The molecule has 2 nitrogen and oxygen atoms in total. The van der Waals surface area contributed by atoms with Crippen LogP contribution in [0.15, 0.2) is 12.1 Å². The highest BCUT2D eigenvalue weighted by Gasteiger charge is 2.07. The Morgan fingerprint density at radius 1 is 1.07 bits per heavy atom. The van der Waals surface area contributed by atoms with Crippen molar-refractivity contribution in [1.82, 2.24) is 0 Å². The van der Waals surface area contributed by atoms with Gasteiger partial charge in [-0.05, 0) is 18.1 Å². The largest absolute Gasteiger partial charge is 0.493 e. The molecule has 0 radical (unpaired) electrons. The van der Waals surface area contributed by atoms with Gasteiger partial charge in [-0.2, -0.15) is 0 Å². The molecule has 0 aliphatic heterocycles. The van der Waals surface area contributed by atoms with E-state index in [1.165, 1.54) is 0 Å². The van der Waals surface area contributed by atoms with Gasteiger partial charge in [0.25, 0.3) is 0 Å². The van der Waals surface area contributed by atoms with Gasteiger partial charge < -0.3 is 9.47 Å². The van der Waals surface area contributed by atoms with Crippen LogP contribution >= 0.6 is 11.6 Å². The molecule has 0 heterocycles. The molecule has 0 spiro atoms. The molecule has 0 atom stereocenters. The number of ether oxygens (including phenoxy) is 2. The van der Waals surface area contributed by atoms with E-state index in [0.29, 0.717) is 5.75 Å². The quantitative estimate of drug-likeness (QED) is 0.783. The van der Waals surface area contributed by atoms with E-state index in [2.05, 4.69) is 0 Å². The van der Waals surface area contributed by atoms with E-state index < -0.39 is 0 Å². The van der Waals surface area contributed by atoms with E-state index in [0.717, 1.165) is 22.8 Å². The van der Waals surface area contributed by atoms with Gasteiger partial charge in [-0.1, -0.05) is 32.4 Å². The molecule has 1 aromatic carbocycles. The number of hydrogen-bond donors (Lipinski definition) is 0. The second kappa shape index (κ2) is 7.41. The SMILES string of the molecule is CC.CCc1cc(OC)c(OC)cc1Cl. The lowest BCUT2D eigenvalue weighted by atomic mass is 10.1. The van der Waals surface area contributed by atoms with Crippen molar-refractivity contribution in [2.75, 3.05) is 14.2 Å². The van der Waals surface area contributed by atoms with E-state index in [1.807, 2.05) is 26.8 Å². The van der Waals surface area contributed by atoms with Gasteiger partial charge in [-0.3, -0.25) is 0 Å². The van der Waals surface area contributed by atoms with Crippen molar-refractivity contribution in [3.8, 4) is 11.5 Å². The molecule has 1 rings (SSSR count). The van der Waals surface area contributed by atoms with Crippen LogP contribution in [0.5, 0.6) is 11.5 Å². The third kappa shape index (κ3) is 3.63. The average molecular weight is 231 g/mol. The van der Waals surface area contributed by atoms with Crippen molar-refractivity contribution < 1.29 is 9.47 Å². The van der Waals surface area contributed by atoms with Crippen LogP contribution in [0, 0.1) is 0 Å². The van der Waals surface area contributed by atoms with Gasteiger partial charge in [0.1, 0.15) is 0 Å². The normalized spacial score (nSPS) is 8.93. The van der Waals surface area contributed by atoms with Crippen molar-refractivity contribution in [2.24, 2.45) is 0 Å². The Labute approximate surface area is 97.2 Å². The van der Waals surface area contributed by atoms with Crippen molar-refractivity contribution in [3.63, 3.8) is 0 Å². The van der Waals surface area contributed by atoms with Crippen LogP contribution in [0.2, 0.25) is 5.02 Å². The highest BCUT2D eigenvalue weighted by Crippen LogP contribution is 2.33. The summed E-state index contributed by atoms with van der Waals surface area (Å²) in [5.74, 6) is 1.40. The van der Waals surface area contributed by atoms with Gasteiger partial charge in [0.05, 0.1) is 14.2 Å². The number of benzene rings is 1. The Hall–Kier alpha value is -0.890. The van der Waals surface area contributed by atoms with Gasteiger partial charge in [0.15, 0.2) is 11.5 Å². The van der Waals surface area contributed by atoms with E-state index in [-0.39, 0.29) is 0 Å². The molecule has 0 aliphatic rings. The first kappa shape index (κ1) is 14.1. The van der Waals surface area contributed by atoms with Gasteiger partial charge in [0, 0.05) is 11.1 Å². The molecule has 3 heteroatoms. The summed E-state index contributed by atoms with van der Waals surface area (Å²) in [6.07, 6.45) is 0.888. The average Bonchev–Trinajstić information content (AvgIpc) is 2.31. The third-order valence-electron chi connectivity index (χ3n) is 1.93. The summed E-state index contributed by atoms with van der Waals surface area (Å²) in [5, 5.41) is 0.722. The minimum atomic E-state index is 0.671. The van der Waals surface area contributed by atoms with Gasteiger partial charge in [-0.15, -0.1) is 0 Å². The summed E-state index contributed by atoms with van der Waals surface area (Å²) >= 11 is 6.00. The molecule has 0 amide bonds. The standard InChI is InChI=1S/C10H13ClO2.C2H6/c1-4-7-5-9(12-2)10(13-3)6-8(7)11;1-2/h5-6H,4H2,1-3H3;1-2H3. The number of halogens is 1. The van der Waals surface area contributed by atoms with E-state index in [9.17, 15) is 0 Å². The smallest absolute Gasteiger partial charge is 0.162 e. The van der Waals surface area contributed by atoms with Crippen molar-refractivity contribution in [3.05, 3.63) is 22.7 Å². The molecule has 0 bridgehead atoms. The Morgan fingerprint density at radius 3 is 1.93 bits per heavy atom. The van der Waals surface area contributed by atoms with Crippen molar-refractivity contribution in [1.29, 1.82) is 0 Å². The first-order valence-corrected chi connectivity index (χ1v) is 5.51. The Bertz CT molecular complexity index is 298. The topological polar surface area (TPSA) is 18.5 Å². The fourth-order valence-electron chi connectivity index (χ4n) is 1.17. The summed E-state index contributed by atoms with van der Waals surface area (Å²) in [6, 6.07) is 3.68. The van der Waals surface area contributed by atoms with E-state index >= 15 is 0 Å². The zero-order valence-electron chi connectivity index (χ0n) is 10.1. The lowest BCUT2D eigenvalue weighted by Gasteiger charge is -2.10. The number of hydrogen-bond acceptors (Lipinski definition) is 2. The van der Waals surface area contributed by atoms with Gasteiger partial charge in [-0.25, -0.2) is 0 Å². The Morgan fingerprint density at radius 2 is 1.53 bits per heavy atom. The molecule has 86 valence electrons. The zero-order valence-corrected chi connectivity index (χ0v) is 10.8. The van der Waals surface area contributed by atoms with Crippen LogP contribution in [-0.2, 0) is 6.42 Å². The van der Waals surface area contributed by atoms with Crippen LogP contribution in [0.4, 0.5) is 0 Å². The number of methoxy groups -OCH3 is 2. The van der Waals surface area contributed by atoms with Crippen LogP contribution in [0.1, 0.15) is 26.3 Å². The minimum absolute atomic E-state index is 0.671. The second-order valence-corrected chi connectivity index (χ2v) is 3.06. The minimum Gasteiger partial charge on any atom is -0.493 e. The molecule has 15 heavy (non-hydrogen) atoms. The highest BCUT2D eigenvalue weighted by atomic mass is 35.5. The molecule has 0 saturated carbocycles. The van der Waals surface area contributed by atoms with Crippen molar-refractivity contribution in [2.45, 2.75) is 27.2 Å². The summed E-state index contributed by atoms with van der Waals surface area (Å²) in [5.41, 5.74) is 1.07. The number of aryl methyl sites for hydroxylation is 1. The fourth-order valence-corrected chi connectivity index (χ4v) is 1.45. The number of rotatable bonds is 3. The maximum atomic E-state index is 6.00. The predicted molar refractivity (Wildman–Crippen MR) is 65.3 cm³/mol. The summed E-state index contributed by atoms with van der Waals surface area (Å²) < 4.78 is 10.3. The molecule has 0 aliphatic carbocycles. The molecule has 0 unspecified atom stereocenters. The van der Waals surface area contributed by atoms with Crippen LogP contribution in [-0.4, -0.2) is 14.2 Å². The first-order chi connectivity index (χ1) is 7.22. The summed E-state index contributed by atoms with van der Waals surface area (Å²) in [7, 11) is 3.21. The molecule has 1 aromatic rings. The zero-order chi connectivity index (χ0) is 11.8. The monoisotopic (exact) mass is 230 g/mol. The molecule has 0 N–H and O–H groups in total. The van der Waals surface area contributed by atoms with Crippen LogP contribution < -0.4 is 9.47 Å². The highest BCUT2D eigenvalue weighted by molar-refractivity contribution is 6.31. The predicted octanol–water partition coefficient (Wildman–Crippen LogP) is 3.95. The molecular formula is C12H19ClO2. The summed E-state index contributed by atoms with van der Waals surface area (Å²) in [4.78, 5) is 0. The van der Waals surface area contributed by atoms with Crippen molar-refractivity contribution >= 4 is 11.6 Å². The lowest BCUT2D eigenvalue weighted by Crippen LogP contribution is -1.92. The fraction of sp³-hybridized carbons (Fsp3) is 0.500. The molecule has 0 aromatic heterocycles. The second-order valence-electron chi connectivity index (χ2n) is 2.65. The maximum Gasteiger partial charge on any atom is 0.162 e. The Balaban J connectivity index is 0.000000921. The van der Waals surface area contributed by atoms with Crippen LogP contribution in [0.3, 0.4) is 0 Å². The Kier molecular flexibility index (Phi) is 6.97. The van der Waals surface area contributed by atoms with E-state index in [1.54, 1.807) is 20.3 Å². The third-order valence-corrected chi connectivity index (χ3v) is 2.29. The van der Waals surface area contributed by atoms with Crippen LogP contribution in [0.25, 0.3) is 0 Å². The van der Waals surface area contributed by atoms with Gasteiger partial charge in [0.2, 0.25) is 0 Å². The van der Waals surface area contributed by atoms with Gasteiger partial charge >= 0.3 is 0 Å². The molecule has 0 fully saturated rings. The molecule has 0 saturated heterocycles. The maximum absolute atomic E-state index is 6.00. The molecular weight excluding hydrogens is 212 g/mol. The first-order valence-electron chi connectivity index (χ1n) is 5.13. The summed E-state index contributed by atoms with van der Waals surface area (Å²) in [6.45, 7) is 6.05. The lowest BCUT2D eigenvalue weighted by molar-refractivity contribution is 0.354.